The summed E-state index contributed by atoms with van der Waals surface area (Å²) in [4.78, 5) is 17.4. The third-order valence-corrected chi connectivity index (χ3v) is 6.51. The van der Waals surface area contributed by atoms with Crippen molar-refractivity contribution in [2.75, 3.05) is 17.2 Å². The molecule has 0 bridgehead atoms. The van der Waals surface area contributed by atoms with Crippen molar-refractivity contribution in [3.8, 4) is 11.3 Å². The van der Waals surface area contributed by atoms with E-state index in [0.717, 1.165) is 46.6 Å². The van der Waals surface area contributed by atoms with E-state index in [-0.39, 0.29) is 5.91 Å². The summed E-state index contributed by atoms with van der Waals surface area (Å²) < 4.78 is 1.72. The molecular formula is C28H31ClN6O2. The first-order chi connectivity index (χ1) is 17.6. The standard InChI is InChI=1S/C28H31ClN6O2/c1-16-5-7-19(29)12-22(16)32-25-13-23(30-15-28(3,4)37)26-33-24(14-35(26)34-25)18-6-10-21(17(2)11-18)27(36)31-20-8-9-20/h5-7,10-14,20,30,37H,8-9,15H2,1-4H3,(H,31,36)(H,32,34). The van der Waals surface area contributed by atoms with Crippen LogP contribution in [-0.2, 0) is 0 Å². The average Bonchev–Trinajstić information content (AvgIpc) is 3.53. The minimum Gasteiger partial charge on any atom is -0.389 e. The number of amides is 1. The van der Waals surface area contributed by atoms with Crippen molar-refractivity contribution in [1.29, 1.82) is 0 Å². The van der Waals surface area contributed by atoms with Gasteiger partial charge in [0.05, 0.1) is 23.2 Å². The average molecular weight is 519 g/mol. The molecule has 0 spiro atoms. The van der Waals surface area contributed by atoms with Crippen LogP contribution in [-0.4, -0.2) is 43.8 Å². The van der Waals surface area contributed by atoms with Gasteiger partial charge < -0.3 is 21.1 Å². The summed E-state index contributed by atoms with van der Waals surface area (Å²) in [6.45, 7) is 7.75. The van der Waals surface area contributed by atoms with Gasteiger partial charge in [-0.15, -0.1) is 5.10 Å². The molecule has 1 aliphatic rings. The van der Waals surface area contributed by atoms with Gasteiger partial charge in [0.15, 0.2) is 11.5 Å². The van der Waals surface area contributed by atoms with Crippen molar-refractivity contribution < 1.29 is 9.90 Å². The largest absolute Gasteiger partial charge is 0.389 e. The number of hydrogen-bond acceptors (Lipinski definition) is 6. The van der Waals surface area contributed by atoms with E-state index in [4.69, 9.17) is 21.7 Å². The Balaban J connectivity index is 1.51. The number of rotatable bonds is 8. The van der Waals surface area contributed by atoms with E-state index < -0.39 is 5.60 Å². The number of hydrogen-bond donors (Lipinski definition) is 4. The number of aromatic nitrogens is 3. The lowest BCUT2D eigenvalue weighted by molar-refractivity contribution is 0.0940. The van der Waals surface area contributed by atoms with E-state index in [1.54, 1.807) is 18.4 Å². The van der Waals surface area contributed by atoms with Gasteiger partial charge in [0.2, 0.25) is 0 Å². The summed E-state index contributed by atoms with van der Waals surface area (Å²) in [5.41, 5.74) is 5.50. The van der Waals surface area contributed by atoms with Crippen LogP contribution in [0.5, 0.6) is 0 Å². The number of fused-ring (bicyclic) bond motifs is 1. The van der Waals surface area contributed by atoms with Crippen LogP contribution >= 0.6 is 11.6 Å². The van der Waals surface area contributed by atoms with Crippen molar-refractivity contribution in [2.24, 2.45) is 0 Å². The molecule has 1 aliphatic carbocycles. The maximum atomic E-state index is 12.5. The van der Waals surface area contributed by atoms with Gasteiger partial charge in [-0.1, -0.05) is 23.7 Å². The molecule has 0 unspecified atom stereocenters. The van der Waals surface area contributed by atoms with Crippen molar-refractivity contribution in [3.05, 3.63) is 70.4 Å². The zero-order valence-corrected chi connectivity index (χ0v) is 22.1. The Labute approximate surface area is 221 Å². The lowest BCUT2D eigenvalue weighted by Crippen LogP contribution is -2.29. The van der Waals surface area contributed by atoms with E-state index in [1.807, 2.05) is 62.5 Å². The lowest BCUT2D eigenvalue weighted by atomic mass is 10.0. The molecule has 2 aromatic heterocycles. The first kappa shape index (κ1) is 25.0. The molecule has 0 saturated heterocycles. The number of carbonyl (C=O) groups is 1. The van der Waals surface area contributed by atoms with Gasteiger partial charge in [0.1, 0.15) is 0 Å². The Morgan fingerprint density at radius 2 is 1.89 bits per heavy atom. The minimum atomic E-state index is -0.916. The number of carbonyl (C=O) groups excluding carboxylic acids is 1. The Hall–Kier alpha value is -3.62. The number of anilines is 3. The number of nitrogens with one attached hydrogen (secondary N) is 3. The van der Waals surface area contributed by atoms with Gasteiger partial charge >= 0.3 is 0 Å². The fourth-order valence-electron chi connectivity index (χ4n) is 4.05. The summed E-state index contributed by atoms with van der Waals surface area (Å²) in [5, 5.41) is 25.4. The SMILES string of the molecule is Cc1ccc(Cl)cc1Nc1cc(NCC(C)(C)O)c2nc(-c3ccc(C(=O)NC4CC4)c(C)c3)cn2n1. The molecule has 0 atom stereocenters. The van der Waals surface area contributed by atoms with Crippen molar-refractivity contribution >= 4 is 40.3 Å². The number of nitrogens with zero attached hydrogens (tertiary/aromatic N) is 3. The first-order valence-corrected chi connectivity index (χ1v) is 12.8. The highest BCUT2D eigenvalue weighted by Crippen LogP contribution is 2.29. The molecule has 5 rings (SSSR count). The molecule has 0 aliphatic heterocycles. The van der Waals surface area contributed by atoms with Gasteiger partial charge in [-0.25, -0.2) is 9.50 Å². The van der Waals surface area contributed by atoms with E-state index in [9.17, 15) is 9.90 Å². The summed E-state index contributed by atoms with van der Waals surface area (Å²) in [7, 11) is 0. The van der Waals surface area contributed by atoms with E-state index >= 15 is 0 Å². The maximum Gasteiger partial charge on any atom is 0.251 e. The van der Waals surface area contributed by atoms with E-state index in [1.165, 1.54) is 0 Å². The second-order valence-corrected chi connectivity index (χ2v) is 10.8. The summed E-state index contributed by atoms with van der Waals surface area (Å²) in [5.74, 6) is 0.566. The smallest absolute Gasteiger partial charge is 0.251 e. The van der Waals surface area contributed by atoms with Gasteiger partial charge in [-0.2, -0.15) is 0 Å². The summed E-state index contributed by atoms with van der Waals surface area (Å²) >= 11 is 6.21. The van der Waals surface area contributed by atoms with E-state index in [0.29, 0.717) is 34.6 Å². The Morgan fingerprint density at radius 1 is 1.11 bits per heavy atom. The highest BCUT2D eigenvalue weighted by molar-refractivity contribution is 6.30. The predicted molar refractivity (Wildman–Crippen MR) is 148 cm³/mol. The molecule has 192 valence electrons. The van der Waals surface area contributed by atoms with E-state index in [2.05, 4.69) is 16.0 Å². The fraction of sp³-hybridized carbons (Fsp3) is 0.321. The van der Waals surface area contributed by atoms with Crippen LogP contribution in [0.1, 0.15) is 48.2 Å². The Morgan fingerprint density at radius 3 is 2.59 bits per heavy atom. The Kier molecular flexibility index (Phi) is 6.56. The summed E-state index contributed by atoms with van der Waals surface area (Å²) in [6.07, 6.45) is 3.96. The molecule has 8 nitrogen and oxygen atoms in total. The molecule has 1 saturated carbocycles. The Bertz CT molecular complexity index is 1490. The zero-order valence-electron chi connectivity index (χ0n) is 21.4. The molecule has 0 radical (unpaired) electrons. The second kappa shape index (κ2) is 9.68. The predicted octanol–water partition coefficient (Wildman–Crippen LogP) is 5.49. The molecular weight excluding hydrogens is 488 g/mol. The van der Waals surface area contributed by atoms with Crippen LogP contribution in [0.2, 0.25) is 5.02 Å². The van der Waals surface area contributed by atoms with Gasteiger partial charge in [-0.3, -0.25) is 4.79 Å². The number of halogens is 1. The fourth-order valence-corrected chi connectivity index (χ4v) is 4.23. The normalized spacial score (nSPS) is 13.6. The minimum absolute atomic E-state index is 0.0339. The van der Waals surface area contributed by atoms with Crippen LogP contribution in [0.25, 0.3) is 16.9 Å². The van der Waals surface area contributed by atoms with Gasteiger partial charge in [-0.05, 0) is 75.9 Å². The summed E-state index contributed by atoms with van der Waals surface area (Å²) in [6, 6.07) is 13.6. The molecule has 37 heavy (non-hydrogen) atoms. The topological polar surface area (TPSA) is 104 Å². The number of aliphatic hydroxyl groups is 1. The van der Waals surface area contributed by atoms with Crippen LogP contribution in [0.3, 0.4) is 0 Å². The van der Waals surface area contributed by atoms with Crippen molar-refractivity contribution in [1.82, 2.24) is 19.9 Å². The lowest BCUT2D eigenvalue weighted by Gasteiger charge is -2.19. The van der Waals surface area contributed by atoms with Gasteiger partial charge in [0, 0.05) is 40.5 Å². The highest BCUT2D eigenvalue weighted by Gasteiger charge is 2.24. The molecule has 1 fully saturated rings. The number of imidazole rings is 1. The molecule has 2 heterocycles. The second-order valence-electron chi connectivity index (χ2n) is 10.4. The molecule has 4 aromatic rings. The zero-order chi connectivity index (χ0) is 26.3. The van der Waals surface area contributed by atoms with Gasteiger partial charge in [0.25, 0.3) is 5.91 Å². The molecule has 1 amide bonds. The van der Waals surface area contributed by atoms with Crippen LogP contribution in [0, 0.1) is 13.8 Å². The monoisotopic (exact) mass is 518 g/mol. The van der Waals surface area contributed by atoms with Crippen LogP contribution < -0.4 is 16.0 Å². The van der Waals surface area contributed by atoms with Crippen LogP contribution in [0.4, 0.5) is 17.2 Å². The third-order valence-electron chi connectivity index (χ3n) is 6.28. The molecule has 4 N–H and O–H groups in total. The maximum absolute atomic E-state index is 12.5. The third kappa shape index (κ3) is 5.87. The first-order valence-electron chi connectivity index (χ1n) is 12.4. The van der Waals surface area contributed by atoms with Crippen LogP contribution in [0.15, 0.2) is 48.7 Å². The molecule has 9 heteroatoms. The quantitative estimate of drug-likeness (QED) is 0.246. The highest BCUT2D eigenvalue weighted by atomic mass is 35.5. The number of benzene rings is 2. The van der Waals surface area contributed by atoms with Crippen molar-refractivity contribution in [3.63, 3.8) is 0 Å². The molecule has 2 aromatic carbocycles. The number of aryl methyl sites for hydroxylation is 2. The van der Waals surface area contributed by atoms with Crippen molar-refractivity contribution in [2.45, 2.75) is 52.2 Å².